The predicted octanol–water partition coefficient (Wildman–Crippen LogP) is 5.78. The summed E-state index contributed by atoms with van der Waals surface area (Å²) < 4.78 is 38.1. The number of Topliss-reactive ketones (excluding diaryl/α,β-unsaturated/α-hetero) is 1. The molecule has 1 aliphatic carbocycles. The maximum Gasteiger partial charge on any atom is 0.308 e. The molecule has 2 aromatic rings. The van der Waals surface area contributed by atoms with Gasteiger partial charge in [0.05, 0.1) is 30.9 Å². The molecule has 0 radical (unpaired) electrons. The molecular weight excluding hydrogens is 738 g/mol. The maximum absolute atomic E-state index is 13.4. The van der Waals surface area contributed by atoms with Crippen molar-refractivity contribution in [2.45, 2.75) is 179 Å². The molecule has 57 heavy (non-hydrogen) atoms. The summed E-state index contributed by atoms with van der Waals surface area (Å²) in [7, 11) is 0. The molecule has 2 N–H and O–H groups in total. The van der Waals surface area contributed by atoms with Crippen molar-refractivity contribution in [2.24, 2.45) is 23.7 Å². The van der Waals surface area contributed by atoms with Gasteiger partial charge in [-0.1, -0.05) is 38.3 Å². The van der Waals surface area contributed by atoms with Crippen LogP contribution in [-0.4, -0.2) is 91.1 Å². The molecule has 1 spiro atoms. The van der Waals surface area contributed by atoms with Crippen molar-refractivity contribution >= 4 is 11.8 Å². The van der Waals surface area contributed by atoms with Crippen molar-refractivity contribution in [3.05, 3.63) is 41.7 Å². The Morgan fingerprint density at radius 2 is 1.79 bits per heavy atom. The van der Waals surface area contributed by atoms with Gasteiger partial charge in [-0.3, -0.25) is 14.3 Å². The minimum atomic E-state index is -2.22. The molecule has 1 aromatic heterocycles. The molecule has 1 saturated carbocycles. The van der Waals surface area contributed by atoms with E-state index < -0.39 is 54.0 Å². The fourth-order valence-corrected chi connectivity index (χ4v) is 9.69. The summed E-state index contributed by atoms with van der Waals surface area (Å²) in [5.41, 5.74) is 0.650. The van der Waals surface area contributed by atoms with E-state index in [9.17, 15) is 19.8 Å². The van der Waals surface area contributed by atoms with Gasteiger partial charge < -0.3 is 38.6 Å². The van der Waals surface area contributed by atoms with Gasteiger partial charge in [-0.2, -0.15) is 0 Å². The number of fused-ring (bicyclic) bond motifs is 2. The Morgan fingerprint density at radius 3 is 2.56 bits per heavy atom. The largest absolute Gasteiger partial charge is 0.487 e. The van der Waals surface area contributed by atoms with Crippen LogP contribution >= 0.6 is 0 Å². The lowest BCUT2D eigenvalue weighted by Crippen LogP contribution is -2.70. The third-order valence-corrected chi connectivity index (χ3v) is 13.1. The molecule has 6 aliphatic rings. The van der Waals surface area contributed by atoms with Crippen molar-refractivity contribution in [2.75, 3.05) is 0 Å². The number of carbonyl (C=O) groups excluding carboxylic acids is 2. The number of aryl methyl sites for hydroxylation is 1. The number of hydrogen-bond acceptors (Lipinski definition) is 14. The van der Waals surface area contributed by atoms with Crippen LogP contribution in [0.25, 0.3) is 0 Å². The summed E-state index contributed by atoms with van der Waals surface area (Å²) in [6.45, 7) is 12.3. The molecule has 316 valence electrons. The summed E-state index contributed by atoms with van der Waals surface area (Å²) in [5, 5.41) is 30.6. The third-order valence-electron chi connectivity index (χ3n) is 13.1. The van der Waals surface area contributed by atoms with Gasteiger partial charge in [-0.25, -0.2) is 9.78 Å². The van der Waals surface area contributed by atoms with Crippen molar-refractivity contribution in [3.63, 3.8) is 0 Å². The number of nitrogens with zero attached hydrogens (tertiary/aromatic N) is 3. The zero-order chi connectivity index (χ0) is 40.5. The maximum atomic E-state index is 13.4. The van der Waals surface area contributed by atoms with Crippen molar-refractivity contribution in [1.29, 1.82) is 0 Å². The average molecular weight is 800 g/mol. The van der Waals surface area contributed by atoms with Crippen molar-refractivity contribution in [1.82, 2.24) is 15.0 Å². The van der Waals surface area contributed by atoms with Gasteiger partial charge in [-0.15, -0.1) is 5.10 Å². The summed E-state index contributed by atoms with van der Waals surface area (Å²) in [6, 6.07) is 7.01. The van der Waals surface area contributed by atoms with Crippen molar-refractivity contribution in [3.8, 4) is 5.75 Å². The highest BCUT2D eigenvalue weighted by Gasteiger charge is 2.69. The van der Waals surface area contributed by atoms with E-state index in [0.29, 0.717) is 30.1 Å². The summed E-state index contributed by atoms with van der Waals surface area (Å²) in [5.74, 6) is -2.16. The van der Waals surface area contributed by atoms with Crippen LogP contribution in [0, 0.1) is 23.7 Å². The van der Waals surface area contributed by atoms with E-state index >= 15 is 0 Å². The minimum absolute atomic E-state index is 0.0103. The number of rotatable bonds is 16. The molecule has 2 bridgehead atoms. The molecule has 15 nitrogen and oxygen atoms in total. The van der Waals surface area contributed by atoms with Crippen LogP contribution < -0.4 is 4.74 Å². The highest BCUT2D eigenvalue weighted by atomic mass is 17.3. The Morgan fingerprint density at radius 1 is 1.02 bits per heavy atom. The molecule has 0 amide bonds. The van der Waals surface area contributed by atoms with Gasteiger partial charge in [-0.05, 0) is 102 Å². The Labute approximate surface area is 334 Å². The molecular formula is C42H61N3O12. The quantitative estimate of drug-likeness (QED) is 0.0686. The highest BCUT2D eigenvalue weighted by Crippen LogP contribution is 2.60. The number of aliphatic hydroxyl groups excluding tert-OH is 1. The number of benzene rings is 1. The fourth-order valence-electron chi connectivity index (χ4n) is 9.69. The second-order valence-corrected chi connectivity index (χ2v) is 17.4. The number of ether oxygens (including phenoxy) is 6. The minimum Gasteiger partial charge on any atom is -0.487 e. The number of aromatic nitrogens is 3. The first kappa shape index (κ1) is 42.1. The Kier molecular flexibility index (Phi) is 12.8. The zero-order valence-corrected chi connectivity index (χ0v) is 34.2. The van der Waals surface area contributed by atoms with Crippen LogP contribution in [-0.2, 0) is 51.4 Å². The molecule has 6 fully saturated rings. The predicted molar refractivity (Wildman–Crippen MR) is 202 cm³/mol. The number of esters is 1. The average Bonchev–Trinajstić information content (AvgIpc) is 3.50. The highest BCUT2D eigenvalue weighted by molar-refractivity contribution is 5.94. The molecule has 8 rings (SSSR count). The van der Waals surface area contributed by atoms with E-state index in [4.69, 9.17) is 38.2 Å². The zero-order valence-electron chi connectivity index (χ0n) is 34.2. The Hall–Kier alpha value is -3.02. The molecule has 1 aromatic carbocycles. The Bertz CT molecular complexity index is 1690. The van der Waals surface area contributed by atoms with E-state index in [1.165, 1.54) is 6.92 Å². The molecule has 5 aliphatic heterocycles. The lowest BCUT2D eigenvalue weighted by atomic mass is 9.57. The van der Waals surface area contributed by atoms with Gasteiger partial charge in [0.2, 0.25) is 5.79 Å². The first-order valence-corrected chi connectivity index (χ1v) is 21.0. The molecule has 5 saturated heterocycles. The van der Waals surface area contributed by atoms with Crippen LogP contribution in [0.4, 0.5) is 0 Å². The van der Waals surface area contributed by atoms with Gasteiger partial charge in [0.15, 0.2) is 17.7 Å². The van der Waals surface area contributed by atoms with Crippen molar-refractivity contribution < 1.29 is 58.0 Å². The molecule has 13 atom stereocenters. The van der Waals surface area contributed by atoms with E-state index in [0.717, 1.165) is 57.2 Å². The smallest absolute Gasteiger partial charge is 0.308 e. The standard InChI is InChI=1S/C42H61N3O12/c1-25-12-17-34-27(3)35(52-39-41(34)33(25)18-19-40(6,55-39)56-57-41)22-38(48)51-36-21-37(47)42(49,54-29(36)5)53-26(2)11-9-7-8-10-20-45-23-31(43-44-45)24-50-32-15-13-30(14-16-32)28(4)46/h13-16,23,25-27,29,33-37,39,47,49H,7-12,17-22,24H2,1-6H3/t25-,26-,27-,29+,33+,34+,35-,36-,37-,39-,40-,41-,42-/m1/s1. The second-order valence-electron chi connectivity index (χ2n) is 17.4. The molecule has 15 heteroatoms. The number of carbonyl (C=O) groups is 2. The number of ketones is 1. The number of hydrogen-bond donors (Lipinski definition) is 2. The SMILES string of the molecule is CC(=O)c1ccc(OCc2cn(CCCCCC[C@@H](C)O[C@@]3(O)O[C@@H](C)[C@H](OC(=O)C[C@H]4O[C@@H]5O[C@@]6(C)CC[C@H]7[C@H](C)CC[C@@H]([C@H]4C)[C@@]57OO6)C[C@H]3O)nn2)cc1. The van der Waals surface area contributed by atoms with Crippen LogP contribution in [0.15, 0.2) is 30.5 Å². The van der Waals surface area contributed by atoms with Gasteiger partial charge in [0.1, 0.15) is 30.3 Å². The van der Waals surface area contributed by atoms with E-state index in [2.05, 4.69) is 24.2 Å². The summed E-state index contributed by atoms with van der Waals surface area (Å²) in [6.07, 6.45) is 5.41. The summed E-state index contributed by atoms with van der Waals surface area (Å²) in [4.78, 5) is 37.0. The van der Waals surface area contributed by atoms with E-state index in [1.807, 2.05) is 20.0 Å². The van der Waals surface area contributed by atoms with Crippen LogP contribution in [0.5, 0.6) is 5.75 Å². The Balaban J connectivity index is 0.805. The molecule has 0 unspecified atom stereocenters. The van der Waals surface area contributed by atoms with Gasteiger partial charge in [0, 0.05) is 30.9 Å². The fraction of sp³-hybridized carbons (Fsp3) is 0.762. The van der Waals surface area contributed by atoms with Gasteiger partial charge >= 0.3 is 11.9 Å². The first-order chi connectivity index (χ1) is 27.2. The normalized spacial score (nSPS) is 37.9. The van der Waals surface area contributed by atoms with Crippen LogP contribution in [0.2, 0.25) is 0 Å². The molecule has 6 heterocycles. The van der Waals surface area contributed by atoms with Crippen LogP contribution in [0.1, 0.15) is 128 Å². The lowest BCUT2D eigenvalue weighted by molar-refractivity contribution is -0.571. The topological polar surface area (TPSA) is 179 Å². The third kappa shape index (κ3) is 9.10. The first-order valence-electron chi connectivity index (χ1n) is 21.0. The van der Waals surface area contributed by atoms with Crippen LogP contribution in [0.3, 0.4) is 0 Å². The van der Waals surface area contributed by atoms with Gasteiger partial charge in [0.25, 0.3) is 0 Å². The second kappa shape index (κ2) is 17.3. The number of unbranched alkanes of at least 4 members (excludes halogenated alkanes) is 3. The van der Waals surface area contributed by atoms with E-state index in [-0.39, 0.29) is 49.1 Å². The van der Waals surface area contributed by atoms with E-state index in [1.54, 1.807) is 35.9 Å². The monoisotopic (exact) mass is 799 g/mol. The summed E-state index contributed by atoms with van der Waals surface area (Å²) >= 11 is 0. The lowest BCUT2D eigenvalue weighted by Gasteiger charge is -2.60. The number of aliphatic hydroxyl groups is 2.